The molecule has 0 saturated carbocycles. The van der Waals surface area contributed by atoms with Gasteiger partial charge in [0.15, 0.2) is 5.96 Å². The van der Waals surface area contributed by atoms with E-state index in [0.717, 1.165) is 57.2 Å². The number of likely N-dealkylation sites (tertiary alicyclic amines) is 1. The molecule has 0 bridgehead atoms. The van der Waals surface area contributed by atoms with Crippen LogP contribution in [0.4, 0.5) is 0 Å². The summed E-state index contributed by atoms with van der Waals surface area (Å²) in [7, 11) is 0. The number of guanidine groups is 1. The van der Waals surface area contributed by atoms with Crippen molar-refractivity contribution < 1.29 is 0 Å². The second-order valence-corrected chi connectivity index (χ2v) is 7.97. The summed E-state index contributed by atoms with van der Waals surface area (Å²) < 4.78 is 0. The third kappa shape index (κ3) is 6.33. The van der Waals surface area contributed by atoms with Crippen LogP contribution in [0.5, 0.6) is 0 Å². The van der Waals surface area contributed by atoms with E-state index in [1.54, 1.807) is 11.3 Å². The van der Waals surface area contributed by atoms with Crippen molar-refractivity contribution in [1.82, 2.24) is 20.5 Å². The van der Waals surface area contributed by atoms with Gasteiger partial charge in [-0.3, -0.25) is 14.9 Å². The Morgan fingerprint density at radius 1 is 1.33 bits per heavy atom. The van der Waals surface area contributed by atoms with E-state index in [-0.39, 0.29) is 0 Å². The molecule has 146 valence electrons. The van der Waals surface area contributed by atoms with Crippen molar-refractivity contribution in [2.75, 3.05) is 26.2 Å². The lowest BCUT2D eigenvalue weighted by molar-refractivity contribution is 0.196. The van der Waals surface area contributed by atoms with E-state index in [9.17, 15) is 0 Å². The standard InChI is InChI=1S/C21H31N5S/c1-3-22-21(24-14-17(2)18-9-13-27-16-18)25-19-7-11-26(12-8-19)15-20-6-4-5-10-23-20/h4-6,9-10,13,16-17,19H,3,7-8,11-12,14-15H2,1-2H3,(H2,22,24,25). The minimum absolute atomic E-state index is 0.451. The van der Waals surface area contributed by atoms with Gasteiger partial charge in [-0.2, -0.15) is 11.3 Å². The molecule has 0 aromatic carbocycles. The predicted octanol–water partition coefficient (Wildman–Crippen LogP) is 3.47. The second kappa shape index (κ2) is 10.4. The maximum Gasteiger partial charge on any atom is 0.191 e. The molecule has 1 saturated heterocycles. The Labute approximate surface area is 166 Å². The summed E-state index contributed by atoms with van der Waals surface area (Å²) in [6, 6.07) is 8.82. The van der Waals surface area contributed by atoms with Crippen LogP contribution >= 0.6 is 11.3 Å². The second-order valence-electron chi connectivity index (χ2n) is 7.19. The van der Waals surface area contributed by atoms with Crippen molar-refractivity contribution in [2.45, 2.75) is 45.2 Å². The van der Waals surface area contributed by atoms with E-state index in [1.165, 1.54) is 5.56 Å². The van der Waals surface area contributed by atoms with Crippen LogP contribution in [0.15, 0.2) is 46.2 Å². The molecule has 1 aliphatic heterocycles. The molecule has 0 spiro atoms. The molecule has 6 heteroatoms. The smallest absolute Gasteiger partial charge is 0.191 e. The third-order valence-electron chi connectivity index (χ3n) is 5.02. The van der Waals surface area contributed by atoms with Gasteiger partial charge in [-0.05, 0) is 54.3 Å². The number of rotatable bonds is 7. The molecule has 27 heavy (non-hydrogen) atoms. The lowest BCUT2D eigenvalue weighted by Crippen LogP contribution is -2.48. The average Bonchev–Trinajstić information content (AvgIpc) is 3.23. The molecule has 2 aromatic rings. The number of aliphatic imine (C=N–C) groups is 1. The zero-order valence-electron chi connectivity index (χ0n) is 16.4. The summed E-state index contributed by atoms with van der Waals surface area (Å²) in [5.41, 5.74) is 2.53. The zero-order chi connectivity index (χ0) is 18.9. The number of nitrogens with zero attached hydrogens (tertiary/aromatic N) is 3. The monoisotopic (exact) mass is 385 g/mol. The maximum atomic E-state index is 4.83. The molecule has 1 unspecified atom stereocenters. The summed E-state index contributed by atoms with van der Waals surface area (Å²) in [4.78, 5) is 11.8. The molecule has 0 aliphatic carbocycles. The highest BCUT2D eigenvalue weighted by atomic mass is 32.1. The molecule has 0 amide bonds. The molecular weight excluding hydrogens is 354 g/mol. The topological polar surface area (TPSA) is 52.6 Å². The Balaban J connectivity index is 1.46. The normalized spacial score (nSPS) is 17.6. The minimum atomic E-state index is 0.451. The van der Waals surface area contributed by atoms with Crippen molar-refractivity contribution in [2.24, 2.45) is 4.99 Å². The molecule has 5 nitrogen and oxygen atoms in total. The largest absolute Gasteiger partial charge is 0.357 e. The molecule has 0 radical (unpaired) electrons. The van der Waals surface area contributed by atoms with Gasteiger partial charge in [-0.1, -0.05) is 13.0 Å². The fourth-order valence-electron chi connectivity index (χ4n) is 3.36. The Bertz CT molecular complexity index is 678. The van der Waals surface area contributed by atoms with Gasteiger partial charge < -0.3 is 10.6 Å². The van der Waals surface area contributed by atoms with Crippen molar-refractivity contribution in [3.05, 3.63) is 52.5 Å². The zero-order valence-corrected chi connectivity index (χ0v) is 17.2. The lowest BCUT2D eigenvalue weighted by atomic mass is 10.0. The van der Waals surface area contributed by atoms with Crippen LogP contribution in [0.1, 0.15) is 43.9 Å². The van der Waals surface area contributed by atoms with Gasteiger partial charge in [-0.15, -0.1) is 0 Å². The van der Waals surface area contributed by atoms with Crippen LogP contribution in [-0.2, 0) is 6.54 Å². The lowest BCUT2D eigenvalue weighted by Gasteiger charge is -2.33. The summed E-state index contributed by atoms with van der Waals surface area (Å²) in [5, 5.41) is 11.4. The molecule has 2 N–H and O–H groups in total. The fourth-order valence-corrected chi connectivity index (χ4v) is 4.14. The highest BCUT2D eigenvalue weighted by Gasteiger charge is 2.20. The van der Waals surface area contributed by atoms with Crippen LogP contribution < -0.4 is 10.6 Å². The van der Waals surface area contributed by atoms with Gasteiger partial charge in [0.05, 0.1) is 5.69 Å². The predicted molar refractivity (Wildman–Crippen MR) is 114 cm³/mol. The van der Waals surface area contributed by atoms with Crippen LogP contribution in [0.25, 0.3) is 0 Å². The maximum absolute atomic E-state index is 4.83. The van der Waals surface area contributed by atoms with Crippen LogP contribution in [0.2, 0.25) is 0 Å². The summed E-state index contributed by atoms with van der Waals surface area (Å²) in [6.45, 7) is 9.19. The van der Waals surface area contributed by atoms with Crippen molar-refractivity contribution >= 4 is 17.3 Å². The SMILES string of the molecule is CCNC(=NCC(C)c1ccsc1)NC1CCN(Cc2ccccn2)CC1. The first-order valence-corrected chi connectivity index (χ1v) is 10.9. The number of hydrogen-bond acceptors (Lipinski definition) is 4. The first-order valence-electron chi connectivity index (χ1n) is 9.93. The number of nitrogens with one attached hydrogen (secondary N) is 2. The van der Waals surface area contributed by atoms with Gasteiger partial charge in [0.2, 0.25) is 0 Å². The third-order valence-corrected chi connectivity index (χ3v) is 5.72. The van der Waals surface area contributed by atoms with E-state index < -0.39 is 0 Å². The number of aromatic nitrogens is 1. The fraction of sp³-hybridized carbons (Fsp3) is 0.524. The summed E-state index contributed by atoms with van der Waals surface area (Å²) in [6.07, 6.45) is 4.15. The minimum Gasteiger partial charge on any atom is -0.357 e. The van der Waals surface area contributed by atoms with E-state index in [0.29, 0.717) is 12.0 Å². The van der Waals surface area contributed by atoms with Gasteiger partial charge in [0, 0.05) is 50.9 Å². The van der Waals surface area contributed by atoms with Gasteiger partial charge in [0.25, 0.3) is 0 Å². The Morgan fingerprint density at radius 2 is 2.19 bits per heavy atom. The van der Waals surface area contributed by atoms with Crippen molar-refractivity contribution in [3.63, 3.8) is 0 Å². The molecule has 3 heterocycles. The highest BCUT2D eigenvalue weighted by Crippen LogP contribution is 2.18. The molecule has 1 aliphatic rings. The first-order chi connectivity index (χ1) is 13.2. The number of thiophene rings is 1. The molecule has 3 rings (SSSR count). The molecule has 2 aromatic heterocycles. The Kier molecular flexibility index (Phi) is 7.66. The van der Waals surface area contributed by atoms with E-state index >= 15 is 0 Å². The van der Waals surface area contributed by atoms with Gasteiger partial charge in [0.1, 0.15) is 0 Å². The van der Waals surface area contributed by atoms with Crippen LogP contribution in [-0.4, -0.2) is 48.1 Å². The van der Waals surface area contributed by atoms with Crippen molar-refractivity contribution in [3.8, 4) is 0 Å². The van der Waals surface area contributed by atoms with Crippen LogP contribution in [0, 0.1) is 0 Å². The summed E-state index contributed by atoms with van der Waals surface area (Å²) >= 11 is 1.75. The average molecular weight is 386 g/mol. The number of pyridine rings is 1. The van der Waals surface area contributed by atoms with Crippen LogP contribution in [0.3, 0.4) is 0 Å². The summed E-state index contributed by atoms with van der Waals surface area (Å²) in [5.74, 6) is 1.40. The van der Waals surface area contributed by atoms with Gasteiger partial charge >= 0.3 is 0 Å². The van der Waals surface area contributed by atoms with Gasteiger partial charge in [-0.25, -0.2) is 0 Å². The molecular formula is C21H31N5S. The highest BCUT2D eigenvalue weighted by molar-refractivity contribution is 7.07. The van der Waals surface area contributed by atoms with E-state index in [4.69, 9.17) is 4.99 Å². The first kappa shape index (κ1) is 19.8. The molecule has 1 atom stereocenters. The van der Waals surface area contributed by atoms with Crippen molar-refractivity contribution in [1.29, 1.82) is 0 Å². The Morgan fingerprint density at radius 3 is 2.85 bits per heavy atom. The van der Waals surface area contributed by atoms with E-state index in [1.807, 2.05) is 12.3 Å². The molecule has 1 fully saturated rings. The number of piperidine rings is 1. The number of hydrogen-bond donors (Lipinski definition) is 2. The quantitative estimate of drug-likeness (QED) is 0.566. The Hall–Kier alpha value is -1.92. The van der Waals surface area contributed by atoms with E-state index in [2.05, 4.69) is 63.3 Å².